The van der Waals surface area contributed by atoms with E-state index < -0.39 is 0 Å². The molecule has 0 radical (unpaired) electrons. The first-order chi connectivity index (χ1) is 10.2. The Labute approximate surface area is 129 Å². The molecule has 1 atom stereocenters. The van der Waals surface area contributed by atoms with Crippen LogP contribution in [0.3, 0.4) is 0 Å². The van der Waals surface area contributed by atoms with Gasteiger partial charge in [-0.25, -0.2) is 0 Å². The van der Waals surface area contributed by atoms with Gasteiger partial charge in [0.25, 0.3) is 0 Å². The summed E-state index contributed by atoms with van der Waals surface area (Å²) in [5.74, 6) is 1.43. The van der Waals surface area contributed by atoms with Crippen LogP contribution >= 0.6 is 11.3 Å². The van der Waals surface area contributed by atoms with E-state index in [4.69, 9.17) is 4.52 Å². The van der Waals surface area contributed by atoms with Gasteiger partial charge in [-0.2, -0.15) is 4.98 Å². The summed E-state index contributed by atoms with van der Waals surface area (Å²) in [5, 5.41) is 6.13. The Morgan fingerprint density at radius 2 is 2.43 bits per heavy atom. The molecule has 0 bridgehead atoms. The Kier molecular flexibility index (Phi) is 4.67. The number of hydrogen-bond donors (Lipinski definition) is 0. The normalized spacial score (nSPS) is 19.7. The first kappa shape index (κ1) is 14.7. The largest absolute Gasteiger partial charge is 0.340 e. The van der Waals surface area contributed by atoms with Crippen LogP contribution in [-0.2, 0) is 13.0 Å². The van der Waals surface area contributed by atoms with Crippen LogP contribution < -0.4 is 0 Å². The van der Waals surface area contributed by atoms with Gasteiger partial charge in [-0.15, -0.1) is 11.3 Å². The molecule has 1 aliphatic heterocycles. The fourth-order valence-corrected chi connectivity index (χ4v) is 3.55. The third-order valence-corrected chi connectivity index (χ3v) is 5.02. The molecule has 114 valence electrons. The zero-order chi connectivity index (χ0) is 14.7. The molecule has 1 aliphatic rings. The molecule has 1 fully saturated rings. The molecule has 2 aromatic rings. The van der Waals surface area contributed by atoms with E-state index in [0.717, 1.165) is 31.9 Å². The van der Waals surface area contributed by atoms with Gasteiger partial charge in [0.2, 0.25) is 5.89 Å². The van der Waals surface area contributed by atoms with Crippen molar-refractivity contribution in [1.82, 2.24) is 19.9 Å². The van der Waals surface area contributed by atoms with Crippen LogP contribution in [0.4, 0.5) is 0 Å². The molecule has 0 saturated carbocycles. The second kappa shape index (κ2) is 6.68. The molecule has 0 amide bonds. The molecule has 3 rings (SSSR count). The molecule has 0 N–H and O–H groups in total. The second-order valence-corrected chi connectivity index (χ2v) is 6.75. The van der Waals surface area contributed by atoms with Crippen LogP contribution in [0.5, 0.6) is 0 Å². The van der Waals surface area contributed by atoms with Crippen LogP contribution in [0, 0.1) is 6.92 Å². The average Bonchev–Trinajstić information content (AvgIpc) is 3.17. The van der Waals surface area contributed by atoms with E-state index in [1.54, 1.807) is 0 Å². The van der Waals surface area contributed by atoms with Crippen LogP contribution in [0.2, 0.25) is 0 Å². The van der Waals surface area contributed by atoms with Gasteiger partial charge in [-0.1, -0.05) is 11.2 Å². The smallest absolute Gasteiger partial charge is 0.223 e. The molecular formula is C15H22N4OS. The van der Waals surface area contributed by atoms with Crippen molar-refractivity contribution in [1.29, 1.82) is 0 Å². The van der Waals surface area contributed by atoms with Crippen LogP contribution in [0.15, 0.2) is 22.0 Å². The molecule has 1 saturated heterocycles. The summed E-state index contributed by atoms with van der Waals surface area (Å²) in [7, 11) is 2.15. The third kappa shape index (κ3) is 3.90. The van der Waals surface area contributed by atoms with Gasteiger partial charge < -0.3 is 9.42 Å². The quantitative estimate of drug-likeness (QED) is 0.818. The number of likely N-dealkylation sites (tertiary alicyclic amines) is 1. The first-order valence-electron chi connectivity index (χ1n) is 7.45. The molecule has 3 heterocycles. The lowest BCUT2D eigenvalue weighted by Gasteiger charge is -2.23. The number of nitrogens with zero attached hydrogens (tertiary/aromatic N) is 4. The molecule has 0 aliphatic carbocycles. The molecule has 0 aromatic carbocycles. The van der Waals surface area contributed by atoms with E-state index >= 15 is 0 Å². The topological polar surface area (TPSA) is 45.4 Å². The van der Waals surface area contributed by atoms with E-state index in [2.05, 4.69) is 44.5 Å². The van der Waals surface area contributed by atoms with Crippen molar-refractivity contribution >= 4 is 11.3 Å². The summed E-state index contributed by atoms with van der Waals surface area (Å²) in [6, 6.07) is 4.95. The second-order valence-electron chi connectivity index (χ2n) is 5.72. The van der Waals surface area contributed by atoms with E-state index in [1.165, 1.54) is 17.8 Å². The van der Waals surface area contributed by atoms with Gasteiger partial charge in [0.15, 0.2) is 5.82 Å². The fourth-order valence-electron chi connectivity index (χ4n) is 2.86. The maximum atomic E-state index is 5.03. The Morgan fingerprint density at radius 3 is 3.14 bits per heavy atom. The number of rotatable bonds is 6. The zero-order valence-corrected chi connectivity index (χ0v) is 13.5. The summed E-state index contributed by atoms with van der Waals surface area (Å²) < 4.78 is 5.03. The maximum Gasteiger partial charge on any atom is 0.223 e. The number of aromatic nitrogens is 2. The lowest BCUT2D eigenvalue weighted by molar-refractivity contribution is 0.218. The standard InChI is InChI=1S/C15H22N4OS/c1-12-16-15(17-20-12)11-18(2)13-5-7-19(10-13)8-6-14-4-3-9-21-14/h3-4,9,13H,5-8,10-11H2,1-2H3/t13-/m0/s1. The van der Waals surface area contributed by atoms with E-state index in [9.17, 15) is 0 Å². The monoisotopic (exact) mass is 306 g/mol. The summed E-state index contributed by atoms with van der Waals surface area (Å²) >= 11 is 1.85. The highest BCUT2D eigenvalue weighted by molar-refractivity contribution is 7.09. The highest BCUT2D eigenvalue weighted by Gasteiger charge is 2.26. The predicted molar refractivity (Wildman–Crippen MR) is 83.4 cm³/mol. The predicted octanol–water partition coefficient (Wildman–Crippen LogP) is 2.19. The Balaban J connectivity index is 1.45. The van der Waals surface area contributed by atoms with Gasteiger partial charge in [-0.05, 0) is 37.9 Å². The average molecular weight is 306 g/mol. The molecule has 6 heteroatoms. The highest BCUT2D eigenvalue weighted by atomic mass is 32.1. The number of aryl methyl sites for hydroxylation is 1. The van der Waals surface area contributed by atoms with Gasteiger partial charge >= 0.3 is 0 Å². The Morgan fingerprint density at radius 1 is 1.52 bits per heavy atom. The fraction of sp³-hybridized carbons (Fsp3) is 0.600. The van der Waals surface area contributed by atoms with Crippen molar-refractivity contribution in [3.8, 4) is 0 Å². The van der Waals surface area contributed by atoms with Crippen LogP contribution in [-0.4, -0.2) is 52.7 Å². The van der Waals surface area contributed by atoms with Crippen molar-refractivity contribution in [2.45, 2.75) is 32.4 Å². The molecule has 0 unspecified atom stereocenters. The van der Waals surface area contributed by atoms with Crippen LogP contribution in [0.25, 0.3) is 0 Å². The Hall–Kier alpha value is -1.24. The SMILES string of the molecule is Cc1nc(CN(C)[C@H]2CCN(CCc3cccs3)C2)no1. The van der Waals surface area contributed by atoms with Crippen molar-refractivity contribution in [2.75, 3.05) is 26.7 Å². The maximum absolute atomic E-state index is 5.03. The van der Waals surface area contributed by atoms with E-state index in [0.29, 0.717) is 11.9 Å². The molecular weight excluding hydrogens is 284 g/mol. The number of hydrogen-bond acceptors (Lipinski definition) is 6. The van der Waals surface area contributed by atoms with Crippen LogP contribution in [0.1, 0.15) is 23.0 Å². The van der Waals surface area contributed by atoms with Crippen molar-refractivity contribution < 1.29 is 4.52 Å². The van der Waals surface area contributed by atoms with Gasteiger partial charge in [0, 0.05) is 30.9 Å². The number of likely N-dealkylation sites (N-methyl/N-ethyl adjacent to an activating group) is 1. The molecule has 2 aromatic heterocycles. The lowest BCUT2D eigenvalue weighted by atomic mass is 10.2. The zero-order valence-electron chi connectivity index (χ0n) is 12.7. The summed E-state index contributed by atoms with van der Waals surface area (Å²) in [6.07, 6.45) is 2.38. The van der Waals surface area contributed by atoms with E-state index in [-0.39, 0.29) is 0 Å². The van der Waals surface area contributed by atoms with E-state index in [1.807, 2.05) is 18.3 Å². The minimum Gasteiger partial charge on any atom is -0.340 e. The summed E-state index contributed by atoms with van der Waals surface area (Å²) in [5.41, 5.74) is 0. The van der Waals surface area contributed by atoms with Gasteiger partial charge in [0.1, 0.15) is 0 Å². The van der Waals surface area contributed by atoms with Crippen molar-refractivity contribution in [2.24, 2.45) is 0 Å². The van der Waals surface area contributed by atoms with Crippen molar-refractivity contribution in [3.05, 3.63) is 34.1 Å². The molecule has 5 nitrogen and oxygen atoms in total. The minimum absolute atomic E-state index is 0.590. The van der Waals surface area contributed by atoms with Crippen molar-refractivity contribution in [3.63, 3.8) is 0 Å². The lowest BCUT2D eigenvalue weighted by Crippen LogP contribution is -2.34. The minimum atomic E-state index is 0.590. The van der Waals surface area contributed by atoms with Gasteiger partial charge in [-0.3, -0.25) is 4.90 Å². The highest BCUT2D eigenvalue weighted by Crippen LogP contribution is 2.17. The van der Waals surface area contributed by atoms with Gasteiger partial charge in [0.05, 0.1) is 6.54 Å². The molecule has 21 heavy (non-hydrogen) atoms. The summed E-state index contributed by atoms with van der Waals surface area (Å²) in [4.78, 5) is 10.7. The number of thiophene rings is 1. The molecule has 0 spiro atoms. The first-order valence-corrected chi connectivity index (χ1v) is 8.33. The third-order valence-electron chi connectivity index (χ3n) is 4.09. The Bertz CT molecular complexity index is 554. The summed E-state index contributed by atoms with van der Waals surface area (Å²) in [6.45, 7) is 6.08.